The first-order valence-corrected chi connectivity index (χ1v) is 9.87. The van der Waals surface area contributed by atoms with Gasteiger partial charge >= 0.3 is 5.97 Å². The Balaban J connectivity index is 1.42. The summed E-state index contributed by atoms with van der Waals surface area (Å²) in [7, 11) is 0. The highest BCUT2D eigenvalue weighted by Gasteiger charge is 2.38. The van der Waals surface area contributed by atoms with E-state index < -0.39 is 12.0 Å². The molecule has 140 valence electrons. The minimum Gasteiger partial charge on any atom is -0.480 e. The maximum Gasteiger partial charge on any atom is 0.326 e. The van der Waals surface area contributed by atoms with Crippen molar-refractivity contribution in [1.29, 1.82) is 0 Å². The van der Waals surface area contributed by atoms with Crippen molar-refractivity contribution in [2.75, 3.05) is 6.54 Å². The van der Waals surface area contributed by atoms with Crippen LogP contribution < -0.4 is 5.32 Å². The van der Waals surface area contributed by atoms with E-state index in [0.29, 0.717) is 25.3 Å². The van der Waals surface area contributed by atoms with Gasteiger partial charge in [0.25, 0.3) is 0 Å². The number of hydrogen-bond donors (Lipinski definition) is 2. The lowest BCUT2D eigenvalue weighted by Crippen LogP contribution is -2.46. The Kier molecular flexibility index (Phi) is 5.97. The lowest BCUT2D eigenvalue weighted by atomic mass is 9.85. The van der Waals surface area contributed by atoms with Crippen molar-refractivity contribution in [1.82, 2.24) is 10.2 Å². The summed E-state index contributed by atoms with van der Waals surface area (Å²) in [5.41, 5.74) is 0. The van der Waals surface area contributed by atoms with Crippen LogP contribution in [-0.2, 0) is 14.4 Å². The zero-order chi connectivity index (χ0) is 17.8. The van der Waals surface area contributed by atoms with Crippen molar-refractivity contribution in [2.24, 2.45) is 11.8 Å². The second-order valence-corrected chi connectivity index (χ2v) is 8.00. The first-order valence-electron chi connectivity index (χ1n) is 9.87. The molecule has 2 amide bonds. The molecule has 25 heavy (non-hydrogen) atoms. The highest BCUT2D eigenvalue weighted by molar-refractivity contribution is 5.85. The van der Waals surface area contributed by atoms with Crippen LogP contribution in [0.1, 0.15) is 70.6 Å². The van der Waals surface area contributed by atoms with Crippen LogP contribution in [0.3, 0.4) is 0 Å². The van der Waals surface area contributed by atoms with Gasteiger partial charge in [-0.2, -0.15) is 0 Å². The molecule has 0 bridgehead atoms. The Morgan fingerprint density at radius 1 is 0.920 bits per heavy atom. The summed E-state index contributed by atoms with van der Waals surface area (Å²) in [6.07, 6.45) is 9.96. The number of nitrogens with zero attached hydrogens (tertiary/aromatic N) is 1. The van der Waals surface area contributed by atoms with Crippen molar-refractivity contribution in [2.45, 2.75) is 82.7 Å². The molecular weight excluding hydrogens is 320 g/mol. The number of rotatable bonds is 5. The van der Waals surface area contributed by atoms with Crippen LogP contribution >= 0.6 is 0 Å². The number of amides is 2. The van der Waals surface area contributed by atoms with Gasteiger partial charge in [0, 0.05) is 24.9 Å². The zero-order valence-electron chi connectivity index (χ0n) is 14.9. The fraction of sp³-hybridized carbons (Fsp3) is 0.842. The number of aliphatic carboxylic acids is 1. The van der Waals surface area contributed by atoms with Crippen LogP contribution in [0.5, 0.6) is 0 Å². The first-order chi connectivity index (χ1) is 12.0. The number of carbonyl (C=O) groups is 3. The van der Waals surface area contributed by atoms with Gasteiger partial charge in [0.05, 0.1) is 0 Å². The highest BCUT2D eigenvalue weighted by atomic mass is 16.4. The predicted octanol–water partition coefficient (Wildman–Crippen LogP) is 2.32. The summed E-state index contributed by atoms with van der Waals surface area (Å²) in [6.45, 7) is 0.563. The van der Waals surface area contributed by atoms with Crippen molar-refractivity contribution >= 4 is 17.8 Å². The molecule has 0 aromatic carbocycles. The highest BCUT2D eigenvalue weighted by Crippen LogP contribution is 2.30. The summed E-state index contributed by atoms with van der Waals surface area (Å²) < 4.78 is 0. The van der Waals surface area contributed by atoms with E-state index in [9.17, 15) is 19.5 Å². The molecule has 2 saturated carbocycles. The van der Waals surface area contributed by atoms with E-state index in [1.807, 2.05) is 0 Å². The maximum atomic E-state index is 12.6. The van der Waals surface area contributed by atoms with Crippen molar-refractivity contribution in [3.05, 3.63) is 0 Å². The molecule has 1 heterocycles. The topological polar surface area (TPSA) is 86.7 Å². The molecule has 0 aromatic heterocycles. The molecule has 2 aliphatic carbocycles. The number of nitrogens with one attached hydrogen (secondary N) is 1. The van der Waals surface area contributed by atoms with Crippen LogP contribution in [0.25, 0.3) is 0 Å². The van der Waals surface area contributed by atoms with Gasteiger partial charge < -0.3 is 15.3 Å². The fourth-order valence-electron chi connectivity index (χ4n) is 4.77. The van der Waals surface area contributed by atoms with Gasteiger partial charge in [-0.05, 0) is 57.3 Å². The lowest BCUT2D eigenvalue weighted by molar-refractivity contribution is -0.150. The maximum absolute atomic E-state index is 12.6. The van der Waals surface area contributed by atoms with E-state index in [0.717, 1.165) is 32.1 Å². The molecule has 0 aromatic rings. The fourth-order valence-corrected chi connectivity index (χ4v) is 4.77. The number of carbonyl (C=O) groups excluding carboxylic acids is 2. The molecule has 1 saturated heterocycles. The van der Waals surface area contributed by atoms with Gasteiger partial charge in [-0.3, -0.25) is 9.59 Å². The van der Waals surface area contributed by atoms with E-state index in [-0.39, 0.29) is 23.8 Å². The molecule has 1 atom stereocenters. The molecule has 6 nitrogen and oxygen atoms in total. The van der Waals surface area contributed by atoms with E-state index in [1.54, 1.807) is 4.90 Å². The summed E-state index contributed by atoms with van der Waals surface area (Å²) >= 11 is 0. The first kappa shape index (κ1) is 18.2. The Morgan fingerprint density at radius 2 is 1.60 bits per heavy atom. The summed E-state index contributed by atoms with van der Waals surface area (Å²) in [4.78, 5) is 37.6. The molecule has 0 spiro atoms. The SMILES string of the molecule is O=C(CC1CCCC1)NC1CCC(C(=O)N2CCC[C@@H]2C(=O)O)CC1. The summed E-state index contributed by atoms with van der Waals surface area (Å²) in [5.74, 6) is -0.254. The monoisotopic (exact) mass is 350 g/mol. The Bertz CT molecular complexity index is 508. The van der Waals surface area contributed by atoms with E-state index >= 15 is 0 Å². The molecule has 2 N–H and O–H groups in total. The molecule has 1 aliphatic heterocycles. The Labute approximate surface area is 149 Å². The minimum absolute atomic E-state index is 0.000585. The molecule has 0 unspecified atom stereocenters. The number of likely N-dealkylation sites (tertiary alicyclic amines) is 1. The van der Waals surface area contributed by atoms with Crippen molar-refractivity contribution < 1.29 is 19.5 Å². The molecule has 6 heteroatoms. The minimum atomic E-state index is -0.890. The standard InChI is InChI=1S/C19H30N2O4/c22-17(12-13-4-1-2-5-13)20-15-9-7-14(8-10-15)18(23)21-11-3-6-16(21)19(24)25/h13-16H,1-12H2,(H,20,22)(H,24,25)/t14?,15?,16-/m1/s1. The van der Waals surface area contributed by atoms with Crippen LogP contribution in [0.2, 0.25) is 0 Å². The van der Waals surface area contributed by atoms with Gasteiger partial charge in [0.15, 0.2) is 0 Å². The number of carboxylic acid groups (broad SMARTS) is 1. The number of hydrogen-bond acceptors (Lipinski definition) is 3. The molecule has 3 fully saturated rings. The third kappa shape index (κ3) is 4.53. The number of carboxylic acids is 1. The van der Waals surface area contributed by atoms with Gasteiger partial charge in [-0.25, -0.2) is 4.79 Å². The zero-order valence-corrected chi connectivity index (χ0v) is 14.9. The van der Waals surface area contributed by atoms with Gasteiger partial charge in [-0.15, -0.1) is 0 Å². The van der Waals surface area contributed by atoms with Crippen LogP contribution in [-0.4, -0.2) is 46.4 Å². The van der Waals surface area contributed by atoms with E-state index in [1.165, 1.54) is 25.7 Å². The predicted molar refractivity (Wildman–Crippen MR) is 92.8 cm³/mol. The summed E-state index contributed by atoms with van der Waals surface area (Å²) in [5, 5.41) is 12.4. The Morgan fingerprint density at radius 3 is 2.24 bits per heavy atom. The Hall–Kier alpha value is -1.59. The second kappa shape index (κ2) is 8.19. The summed E-state index contributed by atoms with van der Waals surface area (Å²) in [6, 6.07) is -0.469. The molecule has 3 aliphatic rings. The molecule has 3 rings (SSSR count). The van der Waals surface area contributed by atoms with Gasteiger partial charge in [0.2, 0.25) is 11.8 Å². The van der Waals surface area contributed by atoms with E-state index in [2.05, 4.69) is 5.32 Å². The third-order valence-electron chi connectivity index (χ3n) is 6.21. The average Bonchev–Trinajstić information content (AvgIpc) is 3.26. The molecule has 0 radical (unpaired) electrons. The van der Waals surface area contributed by atoms with Crippen molar-refractivity contribution in [3.8, 4) is 0 Å². The van der Waals surface area contributed by atoms with Crippen LogP contribution in [0, 0.1) is 11.8 Å². The largest absolute Gasteiger partial charge is 0.480 e. The van der Waals surface area contributed by atoms with Gasteiger partial charge in [0.1, 0.15) is 6.04 Å². The lowest BCUT2D eigenvalue weighted by Gasteiger charge is -2.32. The molecular formula is C19H30N2O4. The van der Waals surface area contributed by atoms with Crippen molar-refractivity contribution in [3.63, 3.8) is 0 Å². The van der Waals surface area contributed by atoms with Gasteiger partial charge in [-0.1, -0.05) is 12.8 Å². The smallest absolute Gasteiger partial charge is 0.326 e. The van der Waals surface area contributed by atoms with E-state index in [4.69, 9.17) is 0 Å². The second-order valence-electron chi connectivity index (χ2n) is 8.00. The van der Waals surface area contributed by atoms with Crippen LogP contribution in [0.4, 0.5) is 0 Å². The van der Waals surface area contributed by atoms with Crippen LogP contribution in [0.15, 0.2) is 0 Å². The normalized spacial score (nSPS) is 30.4. The third-order valence-corrected chi connectivity index (χ3v) is 6.21. The average molecular weight is 350 g/mol. The quantitative estimate of drug-likeness (QED) is 0.797.